The molecule has 0 bridgehead atoms. The summed E-state index contributed by atoms with van der Waals surface area (Å²) in [6.45, 7) is 19.3. The van der Waals surface area contributed by atoms with Crippen LogP contribution in [0.4, 0.5) is 0 Å². The summed E-state index contributed by atoms with van der Waals surface area (Å²) in [6.07, 6.45) is 7.71. The zero-order chi connectivity index (χ0) is 16.7. The molecule has 0 saturated heterocycles. The lowest BCUT2D eigenvalue weighted by Crippen LogP contribution is -2.23. The van der Waals surface area contributed by atoms with Gasteiger partial charge in [-0.2, -0.15) is 0 Å². The molecular formula is C18H37BrSi2. The van der Waals surface area contributed by atoms with Crippen molar-refractivity contribution in [2.75, 3.05) is 0 Å². The Balaban J connectivity index is 5.74. The van der Waals surface area contributed by atoms with Crippen LogP contribution < -0.4 is 0 Å². The monoisotopic (exact) mass is 388 g/mol. The summed E-state index contributed by atoms with van der Waals surface area (Å²) in [4.78, 5) is 0. The Bertz CT molecular complexity index is 368. The van der Waals surface area contributed by atoms with Crippen molar-refractivity contribution in [2.24, 2.45) is 0 Å². The quantitative estimate of drug-likeness (QED) is 0.280. The summed E-state index contributed by atoms with van der Waals surface area (Å²) < 4.78 is 1.56. The molecule has 0 spiro atoms. The van der Waals surface area contributed by atoms with Gasteiger partial charge in [-0.25, -0.2) is 0 Å². The molecule has 0 heterocycles. The second-order valence-electron chi connectivity index (χ2n) is 8.29. The van der Waals surface area contributed by atoms with Gasteiger partial charge < -0.3 is 0 Å². The minimum Gasteiger partial charge on any atom is -0.0916 e. The lowest BCUT2D eigenvalue weighted by atomic mass is 9.99. The highest BCUT2D eigenvalue weighted by atomic mass is 79.9. The number of hydrogen-bond donors (Lipinski definition) is 0. The molecule has 0 aliphatic rings. The number of halogens is 1. The molecule has 0 radical (unpaired) electrons. The Kier molecular flexibility index (Phi) is 9.69. The lowest BCUT2D eigenvalue weighted by Gasteiger charge is -2.25. The van der Waals surface area contributed by atoms with Gasteiger partial charge >= 0.3 is 0 Å². The van der Waals surface area contributed by atoms with Gasteiger partial charge in [0.15, 0.2) is 0 Å². The summed E-state index contributed by atoms with van der Waals surface area (Å²) in [5.41, 5.74) is 5.99. The molecule has 0 nitrogen and oxygen atoms in total. The van der Waals surface area contributed by atoms with E-state index in [1.54, 1.807) is 15.3 Å². The van der Waals surface area contributed by atoms with Gasteiger partial charge in [-0.05, 0) is 35.4 Å². The van der Waals surface area contributed by atoms with Crippen molar-refractivity contribution in [1.29, 1.82) is 0 Å². The molecule has 0 aliphatic carbocycles. The molecule has 0 aromatic heterocycles. The van der Waals surface area contributed by atoms with E-state index in [1.807, 2.05) is 0 Å². The first-order chi connectivity index (χ1) is 9.53. The van der Waals surface area contributed by atoms with Gasteiger partial charge in [0.1, 0.15) is 0 Å². The Morgan fingerprint density at radius 1 is 0.857 bits per heavy atom. The van der Waals surface area contributed by atoms with E-state index in [4.69, 9.17) is 0 Å². The summed E-state index contributed by atoms with van der Waals surface area (Å²) in [5.74, 6) is 0. The molecule has 0 N–H and O–H groups in total. The molecule has 0 rings (SSSR count). The molecule has 124 valence electrons. The van der Waals surface area contributed by atoms with Gasteiger partial charge in [-0.15, -0.1) is 0 Å². The molecule has 0 fully saturated rings. The summed E-state index contributed by atoms with van der Waals surface area (Å²) >= 11 is 4.01. The minimum atomic E-state index is -1.28. The van der Waals surface area contributed by atoms with Crippen molar-refractivity contribution in [3.05, 3.63) is 21.0 Å². The van der Waals surface area contributed by atoms with Crippen LogP contribution in [-0.4, -0.2) is 16.1 Å². The number of rotatable bonds is 9. The van der Waals surface area contributed by atoms with E-state index in [9.17, 15) is 0 Å². The standard InChI is InChI=1S/C18H37BrSi2/c1-9-11-13-16(15-20(3,4)5)17(14-12-10-2)18(19)21(6,7)8/h15H,9-14H2,1-8H3/b16-15+,18-17+. The van der Waals surface area contributed by atoms with Crippen LogP contribution >= 0.6 is 15.9 Å². The topological polar surface area (TPSA) is 0 Å². The fourth-order valence-corrected chi connectivity index (χ4v) is 5.43. The van der Waals surface area contributed by atoms with Gasteiger partial charge in [-0.1, -0.05) is 93.2 Å². The molecule has 0 atom stereocenters. The van der Waals surface area contributed by atoms with Crippen LogP contribution in [-0.2, 0) is 0 Å². The van der Waals surface area contributed by atoms with Crippen LogP contribution in [0.5, 0.6) is 0 Å². The highest BCUT2D eigenvalue weighted by Gasteiger charge is 2.23. The van der Waals surface area contributed by atoms with E-state index in [0.29, 0.717) is 0 Å². The van der Waals surface area contributed by atoms with E-state index in [-0.39, 0.29) is 0 Å². The highest BCUT2D eigenvalue weighted by molar-refractivity contribution is 9.12. The van der Waals surface area contributed by atoms with Crippen LogP contribution in [0.15, 0.2) is 21.0 Å². The van der Waals surface area contributed by atoms with E-state index in [0.717, 1.165) is 0 Å². The van der Waals surface area contributed by atoms with Crippen molar-refractivity contribution < 1.29 is 0 Å². The van der Waals surface area contributed by atoms with Crippen LogP contribution in [0.2, 0.25) is 39.3 Å². The second-order valence-corrected chi connectivity index (χ2v) is 19.8. The smallest absolute Gasteiger partial charge is 0.0869 e. The maximum absolute atomic E-state index is 4.01. The van der Waals surface area contributed by atoms with Crippen molar-refractivity contribution >= 4 is 32.1 Å². The van der Waals surface area contributed by atoms with Crippen molar-refractivity contribution in [3.8, 4) is 0 Å². The van der Waals surface area contributed by atoms with E-state index >= 15 is 0 Å². The van der Waals surface area contributed by atoms with Gasteiger partial charge in [0.05, 0.1) is 16.1 Å². The maximum Gasteiger partial charge on any atom is 0.0869 e. The summed E-state index contributed by atoms with van der Waals surface area (Å²) in [7, 11) is -2.46. The Labute approximate surface area is 144 Å². The number of unbranched alkanes of at least 4 members (excludes halogenated alkanes) is 2. The van der Waals surface area contributed by atoms with Crippen LogP contribution in [0, 0.1) is 0 Å². The Morgan fingerprint density at radius 2 is 1.33 bits per heavy atom. The largest absolute Gasteiger partial charge is 0.0916 e. The molecule has 21 heavy (non-hydrogen) atoms. The normalized spacial score (nSPS) is 15.2. The Morgan fingerprint density at radius 3 is 1.71 bits per heavy atom. The van der Waals surface area contributed by atoms with Gasteiger partial charge in [0, 0.05) is 0 Å². The third kappa shape index (κ3) is 9.19. The van der Waals surface area contributed by atoms with Gasteiger partial charge in [0.25, 0.3) is 0 Å². The van der Waals surface area contributed by atoms with Crippen LogP contribution in [0.25, 0.3) is 0 Å². The number of allylic oxidation sites excluding steroid dienone is 2. The molecule has 0 amide bonds. The predicted octanol–water partition coefficient (Wildman–Crippen LogP) is 7.70. The number of hydrogen-bond acceptors (Lipinski definition) is 0. The third-order valence-electron chi connectivity index (χ3n) is 3.50. The summed E-state index contributed by atoms with van der Waals surface area (Å²) in [6, 6.07) is 0. The molecule has 0 unspecified atom stereocenters. The first-order valence-electron chi connectivity index (χ1n) is 8.64. The molecule has 0 aliphatic heterocycles. The zero-order valence-corrected chi connectivity index (χ0v) is 19.3. The van der Waals surface area contributed by atoms with Crippen LogP contribution in [0.1, 0.15) is 52.4 Å². The van der Waals surface area contributed by atoms with Crippen LogP contribution in [0.3, 0.4) is 0 Å². The molecule has 3 heteroatoms. The average molecular weight is 390 g/mol. The van der Waals surface area contributed by atoms with E-state index in [1.165, 1.54) is 38.5 Å². The van der Waals surface area contributed by atoms with E-state index < -0.39 is 16.1 Å². The average Bonchev–Trinajstić information content (AvgIpc) is 2.32. The fraction of sp³-hybridized carbons (Fsp3) is 0.778. The summed E-state index contributed by atoms with van der Waals surface area (Å²) in [5, 5.41) is 0. The first kappa shape index (κ1) is 21.4. The predicted molar refractivity (Wildman–Crippen MR) is 110 cm³/mol. The molecule has 0 aromatic rings. The van der Waals surface area contributed by atoms with Crippen molar-refractivity contribution in [1.82, 2.24) is 0 Å². The van der Waals surface area contributed by atoms with Gasteiger partial charge in [-0.3, -0.25) is 0 Å². The molecular weight excluding hydrogens is 352 g/mol. The Hall–Kier alpha value is 0.394. The molecule has 0 saturated carbocycles. The third-order valence-corrected chi connectivity index (χ3v) is 10.4. The van der Waals surface area contributed by atoms with Crippen molar-refractivity contribution in [2.45, 2.75) is 91.7 Å². The maximum atomic E-state index is 4.01. The fourth-order valence-electron chi connectivity index (χ4n) is 2.42. The van der Waals surface area contributed by atoms with Gasteiger partial charge in [0.2, 0.25) is 0 Å². The second kappa shape index (κ2) is 9.51. The SMILES string of the molecule is CCCCC(=C(/Br)[Si](C)(C)C)/C(=C/[Si](C)(C)C)CCCC. The minimum absolute atomic E-state index is 1.18. The van der Waals surface area contributed by atoms with E-state index in [2.05, 4.69) is 74.8 Å². The lowest BCUT2D eigenvalue weighted by molar-refractivity contribution is 0.753. The highest BCUT2D eigenvalue weighted by Crippen LogP contribution is 2.34. The van der Waals surface area contributed by atoms with Crippen molar-refractivity contribution in [3.63, 3.8) is 0 Å². The first-order valence-corrected chi connectivity index (χ1v) is 16.5. The zero-order valence-electron chi connectivity index (χ0n) is 15.7. The molecule has 0 aromatic carbocycles.